The van der Waals surface area contributed by atoms with Gasteiger partial charge in [0.05, 0.1) is 5.92 Å². The maximum Gasteiger partial charge on any atom is 0.248 e. The molecule has 0 bridgehead atoms. The van der Waals surface area contributed by atoms with Crippen LogP contribution in [0.5, 0.6) is 0 Å². The lowest BCUT2D eigenvalue weighted by Crippen LogP contribution is -2.33. The van der Waals surface area contributed by atoms with Crippen LogP contribution >= 0.6 is 0 Å². The molecule has 1 heterocycles. The number of nitrogens with two attached hydrogens (primary N) is 1. The third-order valence-electron chi connectivity index (χ3n) is 5.44. The maximum absolute atomic E-state index is 12.7. The first kappa shape index (κ1) is 20.6. The Kier molecular flexibility index (Phi) is 6.32. The maximum atomic E-state index is 12.7. The molecule has 0 aromatic heterocycles. The number of carbonyl (C=O) groups excluding carboxylic acids is 3. The Bertz CT molecular complexity index is 899. The molecule has 3 N–H and O–H groups in total. The summed E-state index contributed by atoms with van der Waals surface area (Å²) in [7, 11) is 0. The predicted molar refractivity (Wildman–Crippen MR) is 112 cm³/mol. The molecule has 0 aliphatic carbocycles. The minimum Gasteiger partial charge on any atom is -0.366 e. The number of nitrogens with zero attached hydrogens (tertiary/aromatic N) is 1. The summed E-state index contributed by atoms with van der Waals surface area (Å²) in [6.07, 6.45) is 1.89. The second kappa shape index (κ2) is 8.90. The zero-order chi connectivity index (χ0) is 21.0. The second-order valence-electron chi connectivity index (χ2n) is 7.32. The van der Waals surface area contributed by atoms with E-state index in [1.807, 2.05) is 18.2 Å². The van der Waals surface area contributed by atoms with Crippen LogP contribution in [0.2, 0.25) is 0 Å². The van der Waals surface area contributed by atoms with Gasteiger partial charge in [-0.1, -0.05) is 44.2 Å². The lowest BCUT2D eigenvalue weighted by molar-refractivity contribution is -0.126. The number of benzene rings is 2. The summed E-state index contributed by atoms with van der Waals surface area (Å²) in [6.45, 7) is 4.89. The number of primary amides is 1. The summed E-state index contributed by atoms with van der Waals surface area (Å²) in [6, 6.07) is 12.9. The zero-order valence-electron chi connectivity index (χ0n) is 16.9. The number of para-hydroxylation sites is 1. The second-order valence-corrected chi connectivity index (χ2v) is 7.32. The quantitative estimate of drug-likeness (QED) is 0.757. The van der Waals surface area contributed by atoms with E-state index in [1.165, 1.54) is 0 Å². The molecular weight excluding hydrogens is 366 g/mol. The van der Waals surface area contributed by atoms with E-state index in [2.05, 4.69) is 19.2 Å². The molecule has 3 amide bonds. The molecule has 3 rings (SSSR count). The van der Waals surface area contributed by atoms with Gasteiger partial charge in [-0.2, -0.15) is 0 Å². The van der Waals surface area contributed by atoms with Crippen LogP contribution in [-0.4, -0.2) is 24.3 Å². The van der Waals surface area contributed by atoms with Gasteiger partial charge in [-0.05, 0) is 41.7 Å². The molecular formula is C23H27N3O3. The number of rotatable bonds is 7. The van der Waals surface area contributed by atoms with Crippen LogP contribution in [0.25, 0.3) is 0 Å². The number of hydrogen-bond donors (Lipinski definition) is 2. The highest BCUT2D eigenvalue weighted by molar-refractivity contribution is 6.01. The normalized spacial score (nSPS) is 16.1. The lowest BCUT2D eigenvalue weighted by Gasteiger charge is -2.23. The van der Waals surface area contributed by atoms with E-state index in [0.29, 0.717) is 18.7 Å². The molecule has 1 unspecified atom stereocenters. The monoisotopic (exact) mass is 393 g/mol. The SMILES string of the molecule is CCc1cccc(CC)c1N1CC(C(=O)NCc2ccc(C(N)=O)cc2)CC1=O. The summed E-state index contributed by atoms with van der Waals surface area (Å²) < 4.78 is 0. The number of hydrogen-bond acceptors (Lipinski definition) is 3. The van der Waals surface area contributed by atoms with Crippen molar-refractivity contribution < 1.29 is 14.4 Å². The van der Waals surface area contributed by atoms with Crippen molar-refractivity contribution in [2.75, 3.05) is 11.4 Å². The molecule has 2 aromatic carbocycles. The summed E-state index contributed by atoms with van der Waals surface area (Å²) in [5.41, 5.74) is 9.77. The molecule has 2 aromatic rings. The topological polar surface area (TPSA) is 92.5 Å². The molecule has 152 valence electrons. The summed E-state index contributed by atoms with van der Waals surface area (Å²) >= 11 is 0. The van der Waals surface area contributed by atoms with E-state index in [0.717, 1.165) is 35.2 Å². The molecule has 6 heteroatoms. The average Bonchev–Trinajstić information content (AvgIpc) is 3.12. The van der Waals surface area contributed by atoms with E-state index in [9.17, 15) is 14.4 Å². The number of aryl methyl sites for hydroxylation is 2. The van der Waals surface area contributed by atoms with Gasteiger partial charge in [0, 0.05) is 30.8 Å². The molecule has 29 heavy (non-hydrogen) atoms. The fourth-order valence-electron chi connectivity index (χ4n) is 3.78. The van der Waals surface area contributed by atoms with Crippen LogP contribution in [0.1, 0.15) is 47.3 Å². The number of anilines is 1. The molecule has 1 fully saturated rings. The molecule has 0 radical (unpaired) electrons. The Morgan fingerprint density at radius 3 is 2.24 bits per heavy atom. The highest BCUT2D eigenvalue weighted by Gasteiger charge is 2.36. The molecule has 0 spiro atoms. The van der Waals surface area contributed by atoms with Crippen molar-refractivity contribution in [2.45, 2.75) is 39.7 Å². The fourth-order valence-corrected chi connectivity index (χ4v) is 3.78. The smallest absolute Gasteiger partial charge is 0.248 e. The average molecular weight is 393 g/mol. The third kappa shape index (κ3) is 4.47. The molecule has 1 atom stereocenters. The van der Waals surface area contributed by atoms with Crippen LogP contribution in [0.3, 0.4) is 0 Å². The minimum absolute atomic E-state index is 0.00781. The highest BCUT2D eigenvalue weighted by Crippen LogP contribution is 2.32. The predicted octanol–water partition coefficient (Wildman–Crippen LogP) is 2.58. The van der Waals surface area contributed by atoms with Crippen molar-refractivity contribution in [1.82, 2.24) is 5.32 Å². The van der Waals surface area contributed by atoms with E-state index >= 15 is 0 Å². The van der Waals surface area contributed by atoms with Crippen LogP contribution < -0.4 is 16.0 Å². The fraction of sp³-hybridized carbons (Fsp3) is 0.348. The molecule has 6 nitrogen and oxygen atoms in total. The number of carbonyl (C=O) groups is 3. The van der Waals surface area contributed by atoms with Crippen molar-refractivity contribution in [3.05, 3.63) is 64.7 Å². The first-order valence-electron chi connectivity index (χ1n) is 10.0. The van der Waals surface area contributed by atoms with Crippen molar-refractivity contribution in [1.29, 1.82) is 0 Å². The lowest BCUT2D eigenvalue weighted by atomic mass is 10.0. The minimum atomic E-state index is -0.482. The van der Waals surface area contributed by atoms with Gasteiger partial charge in [-0.15, -0.1) is 0 Å². The zero-order valence-corrected chi connectivity index (χ0v) is 16.9. The van der Waals surface area contributed by atoms with Crippen LogP contribution in [0, 0.1) is 5.92 Å². The highest BCUT2D eigenvalue weighted by atomic mass is 16.2. The van der Waals surface area contributed by atoms with Crippen molar-refractivity contribution in [3.63, 3.8) is 0 Å². The Hall–Kier alpha value is -3.15. The van der Waals surface area contributed by atoms with Gasteiger partial charge in [-0.25, -0.2) is 0 Å². The number of nitrogens with one attached hydrogen (secondary N) is 1. The Morgan fingerprint density at radius 2 is 1.69 bits per heavy atom. The van der Waals surface area contributed by atoms with Crippen LogP contribution in [-0.2, 0) is 29.0 Å². The van der Waals surface area contributed by atoms with Crippen molar-refractivity contribution >= 4 is 23.4 Å². The van der Waals surface area contributed by atoms with E-state index in [4.69, 9.17) is 5.73 Å². The molecule has 0 saturated carbocycles. The summed E-state index contributed by atoms with van der Waals surface area (Å²) in [5.74, 6) is -0.996. The van der Waals surface area contributed by atoms with Gasteiger partial charge in [0.1, 0.15) is 0 Å². The first-order valence-corrected chi connectivity index (χ1v) is 10.0. The first-order chi connectivity index (χ1) is 13.9. The molecule has 1 aliphatic heterocycles. The van der Waals surface area contributed by atoms with Crippen LogP contribution in [0.15, 0.2) is 42.5 Å². The standard InChI is InChI=1S/C23H27N3O3/c1-3-16-6-5-7-17(4-2)21(16)26-14-19(12-20(26)27)23(29)25-13-15-8-10-18(11-9-15)22(24)28/h5-11,19H,3-4,12-14H2,1-2H3,(H2,24,28)(H,25,29). The Labute approximate surface area is 171 Å². The third-order valence-corrected chi connectivity index (χ3v) is 5.44. The Balaban J connectivity index is 1.67. The largest absolute Gasteiger partial charge is 0.366 e. The Morgan fingerprint density at radius 1 is 1.07 bits per heavy atom. The number of amides is 3. The van der Waals surface area contributed by atoms with Gasteiger partial charge < -0.3 is 16.0 Å². The summed E-state index contributed by atoms with van der Waals surface area (Å²) in [5, 5.41) is 2.91. The van der Waals surface area contributed by atoms with Crippen molar-refractivity contribution in [3.8, 4) is 0 Å². The van der Waals surface area contributed by atoms with E-state index in [1.54, 1.807) is 29.2 Å². The van der Waals surface area contributed by atoms with E-state index in [-0.39, 0.29) is 24.2 Å². The van der Waals surface area contributed by atoms with Crippen LogP contribution in [0.4, 0.5) is 5.69 Å². The van der Waals surface area contributed by atoms with E-state index < -0.39 is 5.91 Å². The molecule has 1 aliphatic rings. The summed E-state index contributed by atoms with van der Waals surface area (Å²) in [4.78, 5) is 38.3. The van der Waals surface area contributed by atoms with Gasteiger partial charge >= 0.3 is 0 Å². The molecule has 1 saturated heterocycles. The van der Waals surface area contributed by atoms with Gasteiger partial charge in [-0.3, -0.25) is 14.4 Å². The van der Waals surface area contributed by atoms with Gasteiger partial charge in [0.15, 0.2) is 0 Å². The van der Waals surface area contributed by atoms with Gasteiger partial charge in [0.25, 0.3) is 0 Å². The van der Waals surface area contributed by atoms with Crippen molar-refractivity contribution in [2.24, 2.45) is 11.7 Å². The van der Waals surface area contributed by atoms with Gasteiger partial charge in [0.2, 0.25) is 17.7 Å².